The molecule has 26 heavy (non-hydrogen) atoms. The van der Waals surface area contributed by atoms with Crippen molar-refractivity contribution in [2.24, 2.45) is 5.73 Å². The van der Waals surface area contributed by atoms with Crippen LogP contribution in [0.15, 0.2) is 29.1 Å². The zero-order chi connectivity index (χ0) is 18.8. The lowest BCUT2D eigenvalue weighted by atomic mass is 10.1. The van der Waals surface area contributed by atoms with Gasteiger partial charge in [-0.1, -0.05) is 11.6 Å². The molecule has 0 radical (unpaired) electrons. The smallest absolute Gasteiger partial charge is 0.277 e. The maximum absolute atomic E-state index is 12.4. The fraction of sp³-hybridized carbons (Fsp3) is 0.188. The maximum Gasteiger partial charge on any atom is 0.277 e. The summed E-state index contributed by atoms with van der Waals surface area (Å²) >= 11 is 5.99. The van der Waals surface area contributed by atoms with E-state index in [0.29, 0.717) is 22.8 Å². The Hall–Kier alpha value is -3.20. The third-order valence-corrected chi connectivity index (χ3v) is 4.06. The molecule has 3 rings (SSSR count). The van der Waals surface area contributed by atoms with Crippen molar-refractivity contribution >= 4 is 29.1 Å². The molecule has 0 aliphatic heterocycles. The van der Waals surface area contributed by atoms with E-state index in [-0.39, 0.29) is 23.0 Å². The fourth-order valence-corrected chi connectivity index (χ4v) is 2.44. The highest BCUT2D eigenvalue weighted by Crippen LogP contribution is 2.26. The van der Waals surface area contributed by atoms with Gasteiger partial charge < -0.3 is 15.5 Å². The molecule has 3 aromatic rings. The van der Waals surface area contributed by atoms with E-state index in [1.807, 2.05) is 6.92 Å². The number of halogens is 1. The van der Waals surface area contributed by atoms with Crippen molar-refractivity contribution in [3.8, 4) is 11.5 Å². The molecule has 0 aromatic carbocycles. The quantitative estimate of drug-likeness (QED) is 0.659. The summed E-state index contributed by atoms with van der Waals surface area (Å²) < 4.78 is 6.87. The Kier molecular flexibility index (Phi) is 4.72. The molecule has 0 aliphatic carbocycles. The number of amides is 2. The Labute approximate surface area is 153 Å². The van der Waals surface area contributed by atoms with Gasteiger partial charge in [-0.3, -0.25) is 14.3 Å². The lowest BCUT2D eigenvalue weighted by Gasteiger charge is -2.02. The Bertz CT molecular complexity index is 994. The fourth-order valence-electron chi connectivity index (χ4n) is 2.29. The molecule has 0 unspecified atom stereocenters. The Morgan fingerprint density at radius 3 is 2.88 bits per heavy atom. The van der Waals surface area contributed by atoms with Crippen molar-refractivity contribution in [2.45, 2.75) is 20.4 Å². The predicted octanol–water partition coefficient (Wildman–Crippen LogP) is 2.27. The van der Waals surface area contributed by atoms with Crippen molar-refractivity contribution < 1.29 is 14.0 Å². The van der Waals surface area contributed by atoms with Gasteiger partial charge in [0.1, 0.15) is 11.4 Å². The Morgan fingerprint density at radius 2 is 2.19 bits per heavy atom. The summed E-state index contributed by atoms with van der Waals surface area (Å²) in [4.78, 5) is 32.0. The van der Waals surface area contributed by atoms with E-state index < -0.39 is 11.8 Å². The molecule has 3 N–H and O–H groups in total. The van der Waals surface area contributed by atoms with Crippen LogP contribution in [0.1, 0.15) is 33.5 Å². The van der Waals surface area contributed by atoms with Gasteiger partial charge >= 0.3 is 0 Å². The van der Waals surface area contributed by atoms with Crippen LogP contribution in [-0.4, -0.2) is 31.6 Å². The first-order valence-corrected chi connectivity index (χ1v) is 8.04. The normalized spacial score (nSPS) is 10.7. The number of anilines is 1. The second-order valence-electron chi connectivity index (χ2n) is 5.38. The monoisotopic (exact) mass is 374 g/mol. The minimum absolute atomic E-state index is 0.0271. The molecule has 134 valence electrons. The van der Waals surface area contributed by atoms with E-state index in [2.05, 4.69) is 20.4 Å². The third-order valence-electron chi connectivity index (χ3n) is 3.68. The van der Waals surface area contributed by atoms with Gasteiger partial charge in [0.2, 0.25) is 5.89 Å². The number of nitrogens with zero attached hydrogens (tertiary/aromatic N) is 4. The van der Waals surface area contributed by atoms with Crippen molar-refractivity contribution in [2.75, 3.05) is 5.32 Å². The van der Waals surface area contributed by atoms with Crippen LogP contribution in [0.2, 0.25) is 5.15 Å². The molecule has 9 nitrogen and oxygen atoms in total. The number of pyridine rings is 1. The molecule has 2 amide bonds. The molecule has 0 fully saturated rings. The number of hydrogen-bond acceptors (Lipinski definition) is 6. The molecular weight excluding hydrogens is 360 g/mol. The van der Waals surface area contributed by atoms with E-state index >= 15 is 0 Å². The van der Waals surface area contributed by atoms with Crippen LogP contribution >= 0.6 is 11.6 Å². The van der Waals surface area contributed by atoms with E-state index in [1.165, 1.54) is 23.3 Å². The van der Waals surface area contributed by atoms with E-state index in [0.717, 1.165) is 0 Å². The Morgan fingerprint density at radius 1 is 1.42 bits per heavy atom. The van der Waals surface area contributed by atoms with Gasteiger partial charge in [0.15, 0.2) is 11.4 Å². The molecule has 3 aromatic heterocycles. The molecule has 0 bridgehead atoms. The van der Waals surface area contributed by atoms with Crippen LogP contribution in [0, 0.1) is 6.92 Å². The summed E-state index contributed by atoms with van der Waals surface area (Å²) in [6.45, 7) is 4.13. The summed E-state index contributed by atoms with van der Waals surface area (Å²) in [7, 11) is 0. The van der Waals surface area contributed by atoms with Gasteiger partial charge in [0.05, 0.1) is 5.69 Å². The number of nitrogens with two attached hydrogens (primary N) is 1. The number of aryl methyl sites for hydroxylation is 1. The van der Waals surface area contributed by atoms with Gasteiger partial charge in [-0.2, -0.15) is 5.10 Å². The topological polar surface area (TPSA) is 129 Å². The first-order chi connectivity index (χ1) is 12.4. The van der Waals surface area contributed by atoms with E-state index in [9.17, 15) is 9.59 Å². The van der Waals surface area contributed by atoms with Crippen molar-refractivity contribution in [1.82, 2.24) is 19.7 Å². The van der Waals surface area contributed by atoms with Crippen LogP contribution in [0.5, 0.6) is 0 Å². The average Bonchev–Trinajstić information content (AvgIpc) is 3.24. The van der Waals surface area contributed by atoms with E-state index in [4.69, 9.17) is 21.8 Å². The van der Waals surface area contributed by atoms with Crippen LogP contribution in [0.4, 0.5) is 5.69 Å². The van der Waals surface area contributed by atoms with Gasteiger partial charge in [-0.05, 0) is 25.5 Å². The standard InChI is InChI=1S/C16H15ClN6O3/c1-3-23-6-10(12(22-23)14(18)24)20-15(25)11-7-26-16(21-11)9-4-5-19-13(17)8(9)2/h4-7H,3H2,1-2H3,(H2,18,24)(H,20,25). The molecule has 0 atom stereocenters. The lowest BCUT2D eigenvalue weighted by Crippen LogP contribution is -2.18. The van der Waals surface area contributed by atoms with Gasteiger partial charge in [-0.15, -0.1) is 0 Å². The second kappa shape index (κ2) is 6.96. The lowest BCUT2D eigenvalue weighted by molar-refractivity contribution is 0.0995. The third kappa shape index (κ3) is 3.29. The number of aromatic nitrogens is 4. The number of oxazole rings is 1. The largest absolute Gasteiger partial charge is 0.444 e. The molecule has 0 saturated heterocycles. The molecule has 3 heterocycles. The highest BCUT2D eigenvalue weighted by molar-refractivity contribution is 6.30. The van der Waals surface area contributed by atoms with Crippen LogP contribution < -0.4 is 11.1 Å². The highest BCUT2D eigenvalue weighted by Gasteiger charge is 2.20. The van der Waals surface area contributed by atoms with Crippen molar-refractivity contribution in [3.63, 3.8) is 0 Å². The molecule has 10 heteroatoms. The number of carbonyl (C=O) groups is 2. The number of nitrogens with one attached hydrogen (secondary N) is 1. The number of hydrogen-bond donors (Lipinski definition) is 2. The SMILES string of the molecule is CCn1cc(NC(=O)c2coc(-c3ccnc(Cl)c3C)n2)c(C(N)=O)n1. The summed E-state index contributed by atoms with van der Waals surface area (Å²) in [5.74, 6) is -1.07. The molecule has 0 saturated carbocycles. The van der Waals surface area contributed by atoms with Crippen LogP contribution in [0.3, 0.4) is 0 Å². The molecule has 0 spiro atoms. The van der Waals surface area contributed by atoms with Crippen molar-refractivity contribution in [1.29, 1.82) is 0 Å². The van der Waals surface area contributed by atoms with E-state index in [1.54, 1.807) is 13.0 Å². The number of primary amides is 1. The summed E-state index contributed by atoms with van der Waals surface area (Å²) in [6, 6.07) is 1.69. The molecular formula is C16H15ClN6O3. The predicted molar refractivity (Wildman–Crippen MR) is 93.9 cm³/mol. The minimum atomic E-state index is -0.740. The maximum atomic E-state index is 12.4. The number of carbonyl (C=O) groups excluding carboxylic acids is 2. The van der Waals surface area contributed by atoms with Gasteiger partial charge in [0.25, 0.3) is 11.8 Å². The second-order valence-corrected chi connectivity index (χ2v) is 5.74. The summed E-state index contributed by atoms with van der Waals surface area (Å²) in [6.07, 6.45) is 4.26. The highest BCUT2D eigenvalue weighted by atomic mass is 35.5. The first-order valence-electron chi connectivity index (χ1n) is 7.66. The zero-order valence-corrected chi connectivity index (χ0v) is 14.7. The summed E-state index contributed by atoms with van der Waals surface area (Å²) in [5, 5.41) is 6.90. The Balaban J connectivity index is 1.86. The van der Waals surface area contributed by atoms with Gasteiger partial charge in [-0.25, -0.2) is 9.97 Å². The number of rotatable bonds is 5. The molecule has 0 aliphatic rings. The first kappa shape index (κ1) is 17.6. The summed E-state index contributed by atoms with van der Waals surface area (Å²) in [5.41, 5.74) is 6.81. The van der Waals surface area contributed by atoms with Crippen molar-refractivity contribution in [3.05, 3.63) is 46.8 Å². The van der Waals surface area contributed by atoms with Gasteiger partial charge in [0, 0.05) is 24.5 Å². The minimum Gasteiger partial charge on any atom is -0.444 e. The van der Waals surface area contributed by atoms with Crippen LogP contribution in [-0.2, 0) is 6.54 Å². The zero-order valence-electron chi connectivity index (χ0n) is 14.0. The average molecular weight is 375 g/mol. The van der Waals surface area contributed by atoms with Crippen LogP contribution in [0.25, 0.3) is 11.5 Å².